The first-order chi connectivity index (χ1) is 32.2. The first kappa shape index (κ1) is 39.3. The molecule has 0 spiro atoms. The molecule has 0 aliphatic rings. The number of nitrogens with zero attached hydrogens (tertiary/aromatic N) is 1. The summed E-state index contributed by atoms with van der Waals surface area (Å²) in [5.74, 6) is 0. The SMILES string of the molecule is c1ccc(-c2cccc(-c3ccc(N(c4ccc(-c5cc(-c6ccccc6)cc(-c6ccccc6)c5)cc4)c4cccc(-c5cccc(-c6cccc7ccccc67)c5)c4)cc3)c2)cc1. The van der Waals surface area contributed by atoms with Crippen LogP contribution in [0.5, 0.6) is 0 Å². The topological polar surface area (TPSA) is 3.24 Å². The highest BCUT2D eigenvalue weighted by Gasteiger charge is 2.16. The van der Waals surface area contributed by atoms with Gasteiger partial charge in [0.25, 0.3) is 0 Å². The van der Waals surface area contributed by atoms with Crippen LogP contribution in [0.15, 0.2) is 273 Å². The largest absolute Gasteiger partial charge is 0.310 e. The van der Waals surface area contributed by atoms with Gasteiger partial charge in [-0.3, -0.25) is 0 Å². The number of hydrogen-bond acceptors (Lipinski definition) is 1. The van der Waals surface area contributed by atoms with Crippen LogP contribution in [0.25, 0.3) is 88.7 Å². The van der Waals surface area contributed by atoms with Gasteiger partial charge < -0.3 is 4.90 Å². The van der Waals surface area contributed by atoms with Crippen LogP contribution in [-0.2, 0) is 0 Å². The number of benzene rings is 11. The lowest BCUT2D eigenvalue weighted by atomic mass is 9.93. The summed E-state index contributed by atoms with van der Waals surface area (Å²) in [4.78, 5) is 2.38. The first-order valence-electron chi connectivity index (χ1n) is 22.3. The average molecular weight is 828 g/mol. The Morgan fingerprint density at radius 1 is 0.185 bits per heavy atom. The van der Waals surface area contributed by atoms with Gasteiger partial charge in [0.15, 0.2) is 0 Å². The normalized spacial score (nSPS) is 11.1. The molecule has 0 amide bonds. The van der Waals surface area contributed by atoms with Gasteiger partial charge in [-0.2, -0.15) is 0 Å². The van der Waals surface area contributed by atoms with Crippen molar-refractivity contribution in [2.45, 2.75) is 0 Å². The number of hydrogen-bond donors (Lipinski definition) is 0. The Morgan fingerprint density at radius 2 is 0.523 bits per heavy atom. The van der Waals surface area contributed by atoms with Crippen molar-refractivity contribution in [1.29, 1.82) is 0 Å². The van der Waals surface area contributed by atoms with Crippen molar-refractivity contribution in [3.8, 4) is 77.9 Å². The molecule has 0 saturated carbocycles. The second-order valence-electron chi connectivity index (χ2n) is 16.6. The van der Waals surface area contributed by atoms with Crippen LogP contribution in [0, 0.1) is 0 Å². The molecule has 0 saturated heterocycles. The second kappa shape index (κ2) is 17.7. The molecule has 0 bridgehead atoms. The van der Waals surface area contributed by atoms with Crippen molar-refractivity contribution >= 4 is 27.8 Å². The summed E-state index contributed by atoms with van der Waals surface area (Å²) in [6.45, 7) is 0. The molecule has 0 unspecified atom stereocenters. The van der Waals surface area contributed by atoms with Gasteiger partial charge in [-0.15, -0.1) is 0 Å². The van der Waals surface area contributed by atoms with Crippen molar-refractivity contribution in [2.75, 3.05) is 4.90 Å². The molecule has 11 aromatic carbocycles. The number of anilines is 3. The van der Waals surface area contributed by atoms with E-state index in [1.54, 1.807) is 0 Å². The van der Waals surface area contributed by atoms with Crippen LogP contribution in [0.1, 0.15) is 0 Å². The molecule has 0 N–H and O–H groups in total. The monoisotopic (exact) mass is 827 g/mol. The van der Waals surface area contributed by atoms with E-state index in [1.807, 2.05) is 0 Å². The van der Waals surface area contributed by atoms with Crippen molar-refractivity contribution < 1.29 is 0 Å². The Bertz CT molecular complexity index is 3330. The Morgan fingerprint density at radius 3 is 1.08 bits per heavy atom. The minimum atomic E-state index is 1.08. The van der Waals surface area contributed by atoms with Crippen LogP contribution in [-0.4, -0.2) is 0 Å². The number of fused-ring (bicyclic) bond motifs is 1. The van der Waals surface area contributed by atoms with Gasteiger partial charge in [0.1, 0.15) is 0 Å². The summed E-state index contributed by atoms with van der Waals surface area (Å²) in [6.07, 6.45) is 0. The van der Waals surface area contributed by atoms with Crippen LogP contribution in [0.2, 0.25) is 0 Å². The molecular weight excluding hydrogens is 783 g/mol. The summed E-state index contributed by atoms with van der Waals surface area (Å²) in [5.41, 5.74) is 20.0. The molecule has 11 rings (SSSR count). The fraction of sp³-hybridized carbons (Fsp3) is 0. The van der Waals surface area contributed by atoms with Crippen molar-refractivity contribution in [3.05, 3.63) is 273 Å². The van der Waals surface area contributed by atoms with Gasteiger partial charge in [0.05, 0.1) is 0 Å². The summed E-state index contributed by atoms with van der Waals surface area (Å²) in [7, 11) is 0. The lowest BCUT2D eigenvalue weighted by Crippen LogP contribution is -2.10. The molecule has 0 aliphatic carbocycles. The van der Waals surface area contributed by atoms with E-state index in [1.165, 1.54) is 77.5 Å². The van der Waals surface area contributed by atoms with Gasteiger partial charge in [0, 0.05) is 17.1 Å². The standard InChI is InChI=1S/C64H45N/c1-4-16-46(17-5-1)52-24-12-25-53(40-52)49-32-36-60(37-33-49)65(62-29-14-27-55(45-62)54-26-13-28-56(41-54)64-31-15-23-51-22-10-11-30-63(51)64)61-38-34-50(35-39-61)59-43-57(47-18-6-2-7-19-47)42-58(44-59)48-20-8-3-9-21-48/h1-45H. The summed E-state index contributed by atoms with van der Waals surface area (Å²) < 4.78 is 0. The zero-order valence-corrected chi connectivity index (χ0v) is 35.9. The Labute approximate surface area is 381 Å². The highest BCUT2D eigenvalue weighted by Crippen LogP contribution is 2.41. The summed E-state index contributed by atoms with van der Waals surface area (Å²) >= 11 is 0. The molecule has 11 aromatic rings. The van der Waals surface area contributed by atoms with Crippen LogP contribution in [0.4, 0.5) is 17.1 Å². The molecule has 0 atom stereocenters. The minimum absolute atomic E-state index is 1.08. The Balaban J connectivity index is 0.990. The molecule has 306 valence electrons. The fourth-order valence-electron chi connectivity index (χ4n) is 9.12. The number of rotatable bonds is 10. The van der Waals surface area contributed by atoms with Crippen molar-refractivity contribution in [1.82, 2.24) is 0 Å². The predicted octanol–water partition coefficient (Wildman–Crippen LogP) is 18.0. The van der Waals surface area contributed by atoms with Gasteiger partial charge >= 0.3 is 0 Å². The average Bonchev–Trinajstić information content (AvgIpc) is 3.40. The van der Waals surface area contributed by atoms with Crippen LogP contribution in [0.3, 0.4) is 0 Å². The first-order valence-corrected chi connectivity index (χ1v) is 22.3. The van der Waals surface area contributed by atoms with E-state index in [-0.39, 0.29) is 0 Å². The second-order valence-corrected chi connectivity index (χ2v) is 16.6. The van der Waals surface area contributed by atoms with E-state index < -0.39 is 0 Å². The van der Waals surface area contributed by atoms with Crippen LogP contribution < -0.4 is 4.90 Å². The minimum Gasteiger partial charge on any atom is -0.310 e. The van der Waals surface area contributed by atoms with E-state index in [4.69, 9.17) is 0 Å². The maximum atomic E-state index is 2.38. The lowest BCUT2D eigenvalue weighted by Gasteiger charge is -2.26. The Hall–Kier alpha value is -8.52. The quantitative estimate of drug-likeness (QED) is 0.133. The summed E-state index contributed by atoms with van der Waals surface area (Å²) in [5, 5.41) is 2.50. The van der Waals surface area contributed by atoms with E-state index in [0.29, 0.717) is 0 Å². The smallest absolute Gasteiger partial charge is 0.0467 e. The van der Waals surface area contributed by atoms with Gasteiger partial charge in [-0.05, 0) is 155 Å². The van der Waals surface area contributed by atoms with E-state index >= 15 is 0 Å². The molecule has 0 fully saturated rings. The third-order valence-electron chi connectivity index (χ3n) is 12.4. The molecule has 0 aromatic heterocycles. The predicted molar refractivity (Wildman–Crippen MR) is 277 cm³/mol. The van der Waals surface area contributed by atoms with Gasteiger partial charge in [-0.25, -0.2) is 0 Å². The molecule has 0 radical (unpaired) electrons. The Kier molecular flexibility index (Phi) is 10.7. The molecule has 1 heteroatoms. The van der Waals surface area contributed by atoms with Crippen molar-refractivity contribution in [2.24, 2.45) is 0 Å². The van der Waals surface area contributed by atoms with E-state index in [0.717, 1.165) is 28.2 Å². The lowest BCUT2D eigenvalue weighted by molar-refractivity contribution is 1.28. The molecule has 1 nitrogen and oxygen atoms in total. The van der Waals surface area contributed by atoms with Gasteiger partial charge in [0.2, 0.25) is 0 Å². The van der Waals surface area contributed by atoms with E-state index in [9.17, 15) is 0 Å². The van der Waals surface area contributed by atoms with Gasteiger partial charge in [-0.1, -0.05) is 206 Å². The van der Waals surface area contributed by atoms with E-state index in [2.05, 4.69) is 278 Å². The van der Waals surface area contributed by atoms with Crippen LogP contribution >= 0.6 is 0 Å². The molecule has 0 heterocycles. The highest BCUT2D eigenvalue weighted by molar-refractivity contribution is 5.97. The fourth-order valence-corrected chi connectivity index (χ4v) is 9.12. The molecule has 65 heavy (non-hydrogen) atoms. The maximum Gasteiger partial charge on any atom is 0.0467 e. The zero-order valence-electron chi connectivity index (χ0n) is 35.9. The zero-order chi connectivity index (χ0) is 43.4. The third-order valence-corrected chi connectivity index (χ3v) is 12.4. The highest BCUT2D eigenvalue weighted by atomic mass is 15.1. The molecule has 0 aliphatic heterocycles. The summed E-state index contributed by atoms with van der Waals surface area (Å²) in [6, 6.07) is 98.8. The maximum absolute atomic E-state index is 2.38. The molecular formula is C64H45N. The van der Waals surface area contributed by atoms with Crippen molar-refractivity contribution in [3.63, 3.8) is 0 Å². The third kappa shape index (κ3) is 8.27.